The maximum atomic E-state index is 5.11. The van der Waals surface area contributed by atoms with E-state index < -0.39 is 0 Å². The summed E-state index contributed by atoms with van der Waals surface area (Å²) >= 11 is 0. The van der Waals surface area contributed by atoms with Gasteiger partial charge in [0, 0.05) is 31.5 Å². The molecule has 2 aromatic heterocycles. The van der Waals surface area contributed by atoms with Crippen molar-refractivity contribution in [3.8, 4) is 0 Å². The van der Waals surface area contributed by atoms with Crippen LogP contribution in [0.3, 0.4) is 0 Å². The standard InChI is InChI=1S/C11H14N4O/c1-4-12-15(6-1)10-3-7-14(8-10)9-11-2-5-13-16-11/h1-2,4-6,10H,3,7-9H2. The van der Waals surface area contributed by atoms with Crippen molar-refractivity contribution in [2.24, 2.45) is 0 Å². The summed E-state index contributed by atoms with van der Waals surface area (Å²) in [4.78, 5) is 2.37. The van der Waals surface area contributed by atoms with Crippen LogP contribution in [0.25, 0.3) is 0 Å². The average molecular weight is 218 g/mol. The molecular formula is C11H14N4O. The fourth-order valence-corrected chi connectivity index (χ4v) is 2.21. The second-order valence-corrected chi connectivity index (χ2v) is 4.14. The molecule has 0 bridgehead atoms. The van der Waals surface area contributed by atoms with Crippen LogP contribution in [0.2, 0.25) is 0 Å². The van der Waals surface area contributed by atoms with Crippen molar-refractivity contribution in [1.82, 2.24) is 19.8 Å². The lowest BCUT2D eigenvalue weighted by Gasteiger charge is -2.14. The molecule has 0 aromatic carbocycles. The first-order valence-electron chi connectivity index (χ1n) is 5.53. The molecule has 84 valence electrons. The third-order valence-corrected chi connectivity index (χ3v) is 3.02. The highest BCUT2D eigenvalue weighted by Crippen LogP contribution is 2.21. The normalized spacial score (nSPS) is 21.6. The van der Waals surface area contributed by atoms with E-state index in [1.165, 1.54) is 0 Å². The maximum absolute atomic E-state index is 5.11. The van der Waals surface area contributed by atoms with Crippen molar-refractivity contribution < 1.29 is 4.52 Å². The Morgan fingerprint density at radius 1 is 1.44 bits per heavy atom. The first-order valence-corrected chi connectivity index (χ1v) is 5.53. The van der Waals surface area contributed by atoms with Crippen molar-refractivity contribution in [3.63, 3.8) is 0 Å². The highest BCUT2D eigenvalue weighted by molar-refractivity contribution is 4.94. The van der Waals surface area contributed by atoms with Gasteiger partial charge in [-0.2, -0.15) is 5.10 Å². The van der Waals surface area contributed by atoms with Crippen LogP contribution in [-0.2, 0) is 6.54 Å². The first-order chi connectivity index (χ1) is 7.92. The topological polar surface area (TPSA) is 47.1 Å². The van der Waals surface area contributed by atoms with Gasteiger partial charge in [0.15, 0.2) is 5.76 Å². The van der Waals surface area contributed by atoms with Crippen LogP contribution in [0.15, 0.2) is 35.2 Å². The van der Waals surface area contributed by atoms with Crippen LogP contribution in [-0.4, -0.2) is 32.9 Å². The average Bonchev–Trinajstić information content (AvgIpc) is 2.99. The molecule has 0 spiro atoms. The molecule has 1 aliphatic rings. The van der Waals surface area contributed by atoms with Gasteiger partial charge in [-0.05, 0) is 12.5 Å². The Morgan fingerprint density at radius 3 is 3.19 bits per heavy atom. The summed E-state index contributed by atoms with van der Waals surface area (Å²) in [5.41, 5.74) is 0. The number of hydrogen-bond acceptors (Lipinski definition) is 4. The van der Waals surface area contributed by atoms with Crippen molar-refractivity contribution >= 4 is 0 Å². The second-order valence-electron chi connectivity index (χ2n) is 4.14. The molecule has 1 unspecified atom stereocenters. The van der Waals surface area contributed by atoms with Crippen molar-refractivity contribution in [2.45, 2.75) is 19.0 Å². The summed E-state index contributed by atoms with van der Waals surface area (Å²) in [6, 6.07) is 4.39. The summed E-state index contributed by atoms with van der Waals surface area (Å²) in [7, 11) is 0. The van der Waals surface area contributed by atoms with Gasteiger partial charge in [-0.3, -0.25) is 9.58 Å². The zero-order valence-corrected chi connectivity index (χ0v) is 8.99. The third-order valence-electron chi connectivity index (χ3n) is 3.02. The Hall–Kier alpha value is -1.62. The van der Waals surface area contributed by atoms with Gasteiger partial charge in [-0.25, -0.2) is 0 Å². The largest absolute Gasteiger partial charge is 0.360 e. The lowest BCUT2D eigenvalue weighted by Crippen LogP contribution is -2.21. The van der Waals surface area contributed by atoms with Crippen LogP contribution in [0.4, 0.5) is 0 Å². The number of nitrogens with zero attached hydrogens (tertiary/aromatic N) is 4. The molecule has 5 heteroatoms. The van der Waals surface area contributed by atoms with Gasteiger partial charge in [0.2, 0.25) is 0 Å². The summed E-state index contributed by atoms with van der Waals surface area (Å²) in [6.07, 6.45) is 6.70. The van der Waals surface area contributed by atoms with E-state index in [0.29, 0.717) is 6.04 Å². The molecule has 1 saturated heterocycles. The molecule has 1 aliphatic heterocycles. The molecule has 0 amide bonds. The fraction of sp³-hybridized carbons (Fsp3) is 0.455. The van der Waals surface area contributed by atoms with Crippen LogP contribution in [0.1, 0.15) is 18.2 Å². The van der Waals surface area contributed by atoms with E-state index in [-0.39, 0.29) is 0 Å². The minimum Gasteiger partial charge on any atom is -0.360 e. The summed E-state index contributed by atoms with van der Waals surface area (Å²) in [5, 5.41) is 8.00. The van der Waals surface area contributed by atoms with Crippen molar-refractivity contribution in [1.29, 1.82) is 0 Å². The summed E-state index contributed by atoms with van der Waals surface area (Å²) in [6.45, 7) is 2.96. The zero-order valence-electron chi connectivity index (χ0n) is 8.99. The maximum Gasteiger partial charge on any atom is 0.150 e. The minimum absolute atomic E-state index is 0.498. The monoisotopic (exact) mass is 218 g/mol. The van der Waals surface area contributed by atoms with Crippen LogP contribution < -0.4 is 0 Å². The van der Waals surface area contributed by atoms with Gasteiger partial charge >= 0.3 is 0 Å². The van der Waals surface area contributed by atoms with E-state index in [2.05, 4.69) is 15.2 Å². The van der Waals surface area contributed by atoms with Crippen molar-refractivity contribution in [3.05, 3.63) is 36.5 Å². The molecule has 5 nitrogen and oxygen atoms in total. The van der Waals surface area contributed by atoms with E-state index in [4.69, 9.17) is 4.52 Å². The zero-order chi connectivity index (χ0) is 10.8. The summed E-state index contributed by atoms with van der Waals surface area (Å²) < 4.78 is 7.15. The highest BCUT2D eigenvalue weighted by Gasteiger charge is 2.24. The smallest absolute Gasteiger partial charge is 0.150 e. The Labute approximate surface area is 93.6 Å². The highest BCUT2D eigenvalue weighted by atomic mass is 16.5. The Balaban J connectivity index is 1.61. The van der Waals surface area contributed by atoms with E-state index >= 15 is 0 Å². The molecule has 0 N–H and O–H groups in total. The minimum atomic E-state index is 0.498. The number of rotatable bonds is 3. The van der Waals surface area contributed by atoms with Gasteiger partial charge < -0.3 is 4.52 Å². The summed E-state index contributed by atoms with van der Waals surface area (Å²) in [5.74, 6) is 0.932. The Morgan fingerprint density at radius 2 is 2.44 bits per heavy atom. The van der Waals surface area contributed by atoms with Crippen LogP contribution in [0.5, 0.6) is 0 Å². The molecule has 1 fully saturated rings. The van der Waals surface area contributed by atoms with Gasteiger partial charge in [-0.1, -0.05) is 5.16 Å². The lowest BCUT2D eigenvalue weighted by atomic mass is 10.3. The second kappa shape index (κ2) is 4.09. The molecule has 1 atom stereocenters. The third kappa shape index (κ3) is 1.86. The van der Waals surface area contributed by atoms with Gasteiger partial charge in [0.25, 0.3) is 0 Å². The van der Waals surface area contributed by atoms with E-state index in [0.717, 1.165) is 31.8 Å². The Kier molecular flexibility index (Phi) is 2.46. The van der Waals surface area contributed by atoms with E-state index in [1.54, 1.807) is 6.20 Å². The molecule has 3 heterocycles. The van der Waals surface area contributed by atoms with Gasteiger partial charge in [-0.15, -0.1) is 0 Å². The molecule has 3 rings (SSSR count). The fourth-order valence-electron chi connectivity index (χ4n) is 2.21. The van der Waals surface area contributed by atoms with Gasteiger partial charge in [0.1, 0.15) is 0 Å². The molecular weight excluding hydrogens is 204 g/mol. The first kappa shape index (κ1) is 9.59. The number of hydrogen-bond donors (Lipinski definition) is 0. The number of aromatic nitrogens is 3. The molecule has 2 aromatic rings. The van der Waals surface area contributed by atoms with Crippen LogP contribution >= 0.6 is 0 Å². The predicted molar refractivity (Wildman–Crippen MR) is 57.7 cm³/mol. The van der Waals surface area contributed by atoms with E-state index in [9.17, 15) is 0 Å². The number of likely N-dealkylation sites (tertiary alicyclic amines) is 1. The molecule has 16 heavy (non-hydrogen) atoms. The van der Waals surface area contributed by atoms with E-state index in [1.807, 2.05) is 29.2 Å². The SMILES string of the molecule is c1cnn(C2CCN(Cc3ccno3)C2)c1. The quantitative estimate of drug-likeness (QED) is 0.779. The van der Waals surface area contributed by atoms with Crippen molar-refractivity contribution in [2.75, 3.05) is 13.1 Å². The van der Waals surface area contributed by atoms with Gasteiger partial charge in [0.05, 0.1) is 18.8 Å². The molecule has 0 saturated carbocycles. The molecule has 0 radical (unpaired) electrons. The predicted octanol–water partition coefficient (Wildman–Crippen LogP) is 1.32. The molecule has 0 aliphatic carbocycles. The van der Waals surface area contributed by atoms with Crippen LogP contribution in [0, 0.1) is 0 Å². The Bertz CT molecular complexity index is 423. The lowest BCUT2D eigenvalue weighted by molar-refractivity contribution is 0.264.